The topological polar surface area (TPSA) is 44.8 Å². The van der Waals surface area contributed by atoms with Crippen molar-refractivity contribution in [3.05, 3.63) is 54.3 Å². The maximum Gasteiger partial charge on any atom is 0.303 e. The molecule has 0 radical (unpaired) electrons. The summed E-state index contributed by atoms with van der Waals surface area (Å²) in [5.41, 5.74) is 0.240. The highest BCUT2D eigenvalue weighted by Gasteiger charge is 2.28. The summed E-state index contributed by atoms with van der Waals surface area (Å²) in [5, 5.41) is 0. The number of hydrogen-bond acceptors (Lipinski definition) is 4. The fourth-order valence-electron chi connectivity index (χ4n) is 2.32. The highest BCUT2D eigenvalue weighted by Crippen LogP contribution is 2.36. The number of carbonyl (C=O) groups excluding carboxylic acids is 1. The van der Waals surface area contributed by atoms with Crippen LogP contribution in [0.5, 0.6) is 5.75 Å². The Bertz CT molecular complexity index is 601. The second-order valence-electron chi connectivity index (χ2n) is 6.03. The fraction of sp³-hybridized carbons (Fsp3) is 0.421. The Morgan fingerprint density at radius 1 is 1.39 bits per heavy atom. The standard InChI is InChI=1S/C19H24O4/c1-5-19(3,4)23-16-11-7-6-10-15(16)18(22-14(2)20)17-12-8-9-13-21-17/h5-7,10-12,18H,1,8-9,13H2,2-4H3. The van der Waals surface area contributed by atoms with Crippen LogP contribution in [-0.2, 0) is 14.3 Å². The van der Waals surface area contributed by atoms with Gasteiger partial charge in [-0.05, 0) is 44.9 Å². The molecule has 0 saturated heterocycles. The van der Waals surface area contributed by atoms with Crippen molar-refractivity contribution in [1.29, 1.82) is 0 Å². The van der Waals surface area contributed by atoms with Crippen molar-refractivity contribution in [2.45, 2.75) is 45.3 Å². The van der Waals surface area contributed by atoms with Crippen molar-refractivity contribution in [3.8, 4) is 5.75 Å². The second-order valence-corrected chi connectivity index (χ2v) is 6.03. The quantitative estimate of drug-likeness (QED) is 0.579. The van der Waals surface area contributed by atoms with E-state index in [2.05, 4.69) is 6.58 Å². The van der Waals surface area contributed by atoms with E-state index in [0.717, 1.165) is 18.4 Å². The van der Waals surface area contributed by atoms with E-state index in [0.29, 0.717) is 18.1 Å². The summed E-state index contributed by atoms with van der Waals surface area (Å²) in [7, 11) is 0. The molecule has 1 aromatic carbocycles. The summed E-state index contributed by atoms with van der Waals surface area (Å²) >= 11 is 0. The summed E-state index contributed by atoms with van der Waals surface area (Å²) in [4.78, 5) is 11.6. The number of ether oxygens (including phenoxy) is 3. The number of rotatable bonds is 6. The van der Waals surface area contributed by atoms with Crippen LogP contribution in [0.15, 0.2) is 48.8 Å². The Balaban J connectivity index is 2.40. The van der Waals surface area contributed by atoms with E-state index in [9.17, 15) is 4.79 Å². The normalized spacial score (nSPS) is 15.9. The zero-order chi connectivity index (χ0) is 16.9. The molecule has 124 valence electrons. The number of para-hydroxylation sites is 1. The second kappa shape index (κ2) is 7.36. The number of allylic oxidation sites excluding steroid dienone is 1. The van der Waals surface area contributed by atoms with E-state index >= 15 is 0 Å². The molecular weight excluding hydrogens is 292 g/mol. The summed E-state index contributed by atoms with van der Waals surface area (Å²) in [5.74, 6) is 0.959. The van der Waals surface area contributed by atoms with E-state index < -0.39 is 11.7 Å². The number of carbonyl (C=O) groups is 1. The van der Waals surface area contributed by atoms with Gasteiger partial charge in [-0.1, -0.05) is 24.8 Å². The predicted molar refractivity (Wildman–Crippen MR) is 89.1 cm³/mol. The molecule has 0 N–H and O–H groups in total. The molecule has 1 aromatic rings. The van der Waals surface area contributed by atoms with E-state index in [1.54, 1.807) is 6.08 Å². The Morgan fingerprint density at radius 2 is 2.13 bits per heavy atom. The molecule has 1 heterocycles. The average Bonchev–Trinajstić information content (AvgIpc) is 2.54. The van der Waals surface area contributed by atoms with E-state index in [1.807, 2.05) is 44.2 Å². The Labute approximate surface area is 137 Å². The fourth-order valence-corrected chi connectivity index (χ4v) is 2.32. The van der Waals surface area contributed by atoms with Crippen LogP contribution in [0, 0.1) is 0 Å². The summed E-state index contributed by atoms with van der Waals surface area (Å²) < 4.78 is 17.3. The maximum atomic E-state index is 11.6. The summed E-state index contributed by atoms with van der Waals surface area (Å²) in [6.07, 6.45) is 5.00. The van der Waals surface area contributed by atoms with Crippen molar-refractivity contribution < 1.29 is 19.0 Å². The van der Waals surface area contributed by atoms with Crippen LogP contribution < -0.4 is 4.74 Å². The van der Waals surface area contributed by atoms with Crippen LogP contribution in [0.1, 0.15) is 45.3 Å². The van der Waals surface area contributed by atoms with Crippen molar-refractivity contribution in [2.24, 2.45) is 0 Å². The number of esters is 1. The first-order valence-corrected chi connectivity index (χ1v) is 7.84. The molecule has 1 aliphatic rings. The van der Waals surface area contributed by atoms with Crippen molar-refractivity contribution >= 4 is 5.97 Å². The third kappa shape index (κ3) is 4.62. The Morgan fingerprint density at radius 3 is 2.74 bits per heavy atom. The molecule has 0 amide bonds. The van der Waals surface area contributed by atoms with Gasteiger partial charge in [0.25, 0.3) is 0 Å². The Kier molecular flexibility index (Phi) is 5.48. The van der Waals surface area contributed by atoms with E-state index in [4.69, 9.17) is 14.2 Å². The van der Waals surface area contributed by atoms with Gasteiger partial charge >= 0.3 is 5.97 Å². The smallest absolute Gasteiger partial charge is 0.303 e. The molecule has 0 aromatic heterocycles. The average molecular weight is 316 g/mol. The first kappa shape index (κ1) is 17.1. The Hall–Kier alpha value is -2.23. The van der Waals surface area contributed by atoms with E-state index in [-0.39, 0.29) is 5.97 Å². The number of benzene rings is 1. The van der Waals surface area contributed by atoms with Gasteiger partial charge in [0.05, 0.1) is 6.61 Å². The summed E-state index contributed by atoms with van der Waals surface area (Å²) in [6, 6.07) is 7.53. The highest BCUT2D eigenvalue weighted by molar-refractivity contribution is 5.67. The van der Waals surface area contributed by atoms with Crippen LogP contribution in [0.25, 0.3) is 0 Å². The summed E-state index contributed by atoms with van der Waals surface area (Å²) in [6.45, 7) is 9.67. The zero-order valence-corrected chi connectivity index (χ0v) is 14.0. The van der Waals surface area contributed by atoms with Gasteiger partial charge in [-0.2, -0.15) is 0 Å². The van der Waals surface area contributed by atoms with Crippen LogP contribution in [0.4, 0.5) is 0 Å². The third-order valence-electron chi connectivity index (χ3n) is 3.57. The predicted octanol–water partition coefficient (Wildman–Crippen LogP) is 4.33. The van der Waals surface area contributed by atoms with Crippen molar-refractivity contribution in [2.75, 3.05) is 6.61 Å². The molecule has 0 spiro atoms. The van der Waals surface area contributed by atoms with Crippen LogP contribution in [0.3, 0.4) is 0 Å². The molecule has 4 nitrogen and oxygen atoms in total. The lowest BCUT2D eigenvalue weighted by atomic mass is 10.0. The third-order valence-corrected chi connectivity index (χ3v) is 3.57. The molecule has 1 aliphatic heterocycles. The first-order valence-electron chi connectivity index (χ1n) is 7.84. The monoisotopic (exact) mass is 316 g/mol. The molecule has 23 heavy (non-hydrogen) atoms. The minimum atomic E-state index is -0.593. The lowest BCUT2D eigenvalue weighted by molar-refractivity contribution is -0.147. The van der Waals surface area contributed by atoms with Gasteiger partial charge in [-0.15, -0.1) is 0 Å². The lowest BCUT2D eigenvalue weighted by Gasteiger charge is -2.28. The largest absolute Gasteiger partial charge is 0.494 e. The molecule has 4 heteroatoms. The SMILES string of the molecule is C=CC(C)(C)Oc1ccccc1C(OC(C)=O)C1=CCCCO1. The molecule has 0 fully saturated rings. The molecule has 1 unspecified atom stereocenters. The zero-order valence-electron chi connectivity index (χ0n) is 14.0. The van der Waals surface area contributed by atoms with Crippen molar-refractivity contribution in [3.63, 3.8) is 0 Å². The molecule has 2 rings (SSSR count). The minimum absolute atomic E-state index is 0.358. The van der Waals surface area contributed by atoms with Crippen molar-refractivity contribution in [1.82, 2.24) is 0 Å². The van der Waals surface area contributed by atoms with Gasteiger partial charge < -0.3 is 14.2 Å². The first-order chi connectivity index (χ1) is 10.9. The van der Waals surface area contributed by atoms with Crippen LogP contribution in [-0.4, -0.2) is 18.2 Å². The van der Waals surface area contributed by atoms with Gasteiger partial charge in [0, 0.05) is 12.5 Å². The molecular formula is C19H24O4. The van der Waals surface area contributed by atoms with Gasteiger partial charge in [-0.25, -0.2) is 0 Å². The highest BCUT2D eigenvalue weighted by atomic mass is 16.6. The molecule has 0 aliphatic carbocycles. The van der Waals surface area contributed by atoms with Crippen LogP contribution >= 0.6 is 0 Å². The van der Waals surface area contributed by atoms with Gasteiger partial charge in [0.2, 0.25) is 0 Å². The lowest BCUT2D eigenvalue weighted by Crippen LogP contribution is -2.26. The number of hydrogen-bond donors (Lipinski definition) is 0. The van der Waals surface area contributed by atoms with E-state index in [1.165, 1.54) is 6.92 Å². The molecule has 0 saturated carbocycles. The minimum Gasteiger partial charge on any atom is -0.494 e. The maximum absolute atomic E-state index is 11.6. The molecule has 1 atom stereocenters. The van der Waals surface area contributed by atoms with Gasteiger partial charge in [-0.3, -0.25) is 4.79 Å². The molecule has 0 bridgehead atoms. The van der Waals surface area contributed by atoms with Gasteiger partial charge in [0.15, 0.2) is 6.10 Å². The van der Waals surface area contributed by atoms with Crippen LogP contribution in [0.2, 0.25) is 0 Å². The van der Waals surface area contributed by atoms with Gasteiger partial charge in [0.1, 0.15) is 17.1 Å².